The fourth-order valence-electron chi connectivity index (χ4n) is 5.90. The molecular weight excluding hydrogens is 552 g/mol. The molecule has 1 amide bonds. The van der Waals surface area contributed by atoms with E-state index in [0.29, 0.717) is 17.8 Å². The smallest absolute Gasteiger partial charge is 0.255 e. The van der Waals surface area contributed by atoms with E-state index in [9.17, 15) is 15.0 Å². The molecule has 4 aromatic carbocycles. The number of rotatable bonds is 8. The van der Waals surface area contributed by atoms with E-state index in [1.165, 1.54) is 5.69 Å². The summed E-state index contributed by atoms with van der Waals surface area (Å²) >= 11 is 0. The summed E-state index contributed by atoms with van der Waals surface area (Å²) in [6, 6.07) is 29.8. The topological polar surface area (TPSA) is 108 Å². The molecule has 0 spiro atoms. The highest BCUT2D eigenvalue weighted by molar-refractivity contribution is 6.06. The lowest BCUT2D eigenvalue weighted by Crippen LogP contribution is -2.35. The van der Waals surface area contributed by atoms with Crippen molar-refractivity contribution in [1.29, 1.82) is 0 Å². The normalized spacial score (nSPS) is 13.9. The summed E-state index contributed by atoms with van der Waals surface area (Å²) < 4.78 is 3.86. The van der Waals surface area contributed by atoms with Crippen molar-refractivity contribution in [3.05, 3.63) is 109 Å². The molecule has 0 unspecified atom stereocenters. The molecule has 1 aliphatic rings. The maximum atomic E-state index is 12.9. The molecule has 0 saturated carbocycles. The number of aliphatic hydroxyl groups excluding tert-OH is 2. The molecule has 222 valence electrons. The first kappa shape index (κ1) is 27.7. The predicted molar refractivity (Wildman–Crippen MR) is 175 cm³/mol. The van der Waals surface area contributed by atoms with Crippen LogP contribution in [0, 0.1) is 0 Å². The lowest BCUT2D eigenvalue weighted by atomic mass is 10.1. The predicted octanol–water partition coefficient (Wildman–Crippen LogP) is 5.93. The molecule has 1 saturated heterocycles. The number of piperidine rings is 1. The van der Waals surface area contributed by atoms with Gasteiger partial charge in [0.25, 0.3) is 5.91 Å². The Kier molecular flexibility index (Phi) is 7.47. The summed E-state index contributed by atoms with van der Waals surface area (Å²) in [4.78, 5) is 15.3. The third-order valence-corrected chi connectivity index (χ3v) is 8.30. The van der Waals surface area contributed by atoms with Crippen molar-refractivity contribution in [2.45, 2.75) is 25.5 Å². The van der Waals surface area contributed by atoms with Crippen molar-refractivity contribution in [3.63, 3.8) is 0 Å². The zero-order valence-corrected chi connectivity index (χ0v) is 24.2. The van der Waals surface area contributed by atoms with Crippen molar-refractivity contribution in [2.75, 3.05) is 35.2 Å². The Balaban J connectivity index is 1.01. The number of amides is 1. The number of aliphatic hydroxyl groups is 2. The Labute approximate surface area is 255 Å². The summed E-state index contributed by atoms with van der Waals surface area (Å²) in [5.41, 5.74) is 7.30. The SMILES string of the molecule is O=C(Nc1ccc(-n2ncc3cc(Nc4ccc(N5CCC(O)CC5)cc4)ccc32)cc1)c1ccc2c(ccn2CCO)c1. The number of benzene rings is 4. The van der Waals surface area contributed by atoms with Crippen LogP contribution in [-0.2, 0) is 6.54 Å². The second kappa shape index (κ2) is 11.9. The number of anilines is 4. The van der Waals surface area contributed by atoms with E-state index in [-0.39, 0.29) is 18.6 Å². The highest BCUT2D eigenvalue weighted by Gasteiger charge is 2.17. The van der Waals surface area contributed by atoms with Crippen LogP contribution in [0.3, 0.4) is 0 Å². The van der Waals surface area contributed by atoms with Gasteiger partial charge in [0.05, 0.1) is 30.1 Å². The molecule has 0 aliphatic carbocycles. The Morgan fingerprint density at radius 2 is 1.50 bits per heavy atom. The van der Waals surface area contributed by atoms with Gasteiger partial charge in [0.15, 0.2) is 0 Å². The Bertz CT molecular complexity index is 1920. The van der Waals surface area contributed by atoms with Crippen LogP contribution in [0.15, 0.2) is 103 Å². The molecule has 7 rings (SSSR count). The molecule has 6 aromatic rings. The van der Waals surface area contributed by atoms with Crippen molar-refractivity contribution in [2.24, 2.45) is 0 Å². The standard InChI is InChI=1S/C35H34N6O3/c42-20-19-40-16-13-24-21-25(1-11-33(24)40)35(44)38-28-4-9-31(10-5-28)41-34-12-6-29(22-26(34)23-36-41)37-27-2-7-30(8-3-27)39-17-14-32(43)15-18-39/h1-13,16,21-23,32,37,42-43H,14-15,17-20H2,(H,38,44). The van der Waals surface area contributed by atoms with Gasteiger partial charge < -0.3 is 30.3 Å². The number of carbonyl (C=O) groups is 1. The van der Waals surface area contributed by atoms with Gasteiger partial charge in [0.1, 0.15) is 0 Å². The monoisotopic (exact) mass is 586 g/mol. The molecule has 0 atom stereocenters. The first-order valence-corrected chi connectivity index (χ1v) is 14.9. The third kappa shape index (κ3) is 5.62. The van der Waals surface area contributed by atoms with E-state index in [1.54, 1.807) is 6.07 Å². The van der Waals surface area contributed by atoms with Crippen LogP contribution in [0.4, 0.5) is 22.7 Å². The van der Waals surface area contributed by atoms with Crippen LogP contribution in [-0.4, -0.2) is 56.3 Å². The number of hydrogen-bond acceptors (Lipinski definition) is 6. The van der Waals surface area contributed by atoms with Gasteiger partial charge in [-0.05, 0) is 104 Å². The molecule has 44 heavy (non-hydrogen) atoms. The molecule has 9 nitrogen and oxygen atoms in total. The molecular formula is C35H34N6O3. The van der Waals surface area contributed by atoms with Gasteiger partial charge in [-0.25, -0.2) is 4.68 Å². The summed E-state index contributed by atoms with van der Waals surface area (Å²) in [6.07, 6.45) is 5.22. The summed E-state index contributed by atoms with van der Waals surface area (Å²) in [5, 5.41) is 32.1. The van der Waals surface area contributed by atoms with Gasteiger partial charge in [-0.15, -0.1) is 0 Å². The molecule has 0 radical (unpaired) electrons. The number of hydrogen-bond donors (Lipinski definition) is 4. The quantitative estimate of drug-likeness (QED) is 0.176. The first-order valence-electron chi connectivity index (χ1n) is 14.9. The highest BCUT2D eigenvalue weighted by atomic mass is 16.3. The zero-order chi connectivity index (χ0) is 30.0. The van der Waals surface area contributed by atoms with E-state index in [4.69, 9.17) is 0 Å². The minimum atomic E-state index is -0.180. The van der Waals surface area contributed by atoms with Gasteiger partial charge in [0.2, 0.25) is 0 Å². The van der Waals surface area contributed by atoms with Crippen LogP contribution in [0.25, 0.3) is 27.5 Å². The molecule has 1 fully saturated rings. The highest BCUT2D eigenvalue weighted by Crippen LogP contribution is 2.27. The van der Waals surface area contributed by atoms with Gasteiger partial charge in [-0.2, -0.15) is 5.10 Å². The molecule has 1 aliphatic heterocycles. The van der Waals surface area contributed by atoms with Gasteiger partial charge >= 0.3 is 0 Å². The number of nitrogens with zero attached hydrogens (tertiary/aromatic N) is 4. The largest absolute Gasteiger partial charge is 0.395 e. The average Bonchev–Trinajstić information content (AvgIpc) is 3.66. The second-order valence-electron chi connectivity index (χ2n) is 11.2. The molecule has 2 aromatic heterocycles. The van der Waals surface area contributed by atoms with E-state index < -0.39 is 0 Å². The fraction of sp³-hybridized carbons (Fsp3) is 0.200. The number of fused-ring (bicyclic) bond motifs is 2. The zero-order valence-electron chi connectivity index (χ0n) is 24.2. The van der Waals surface area contributed by atoms with E-state index in [2.05, 4.69) is 57.0 Å². The van der Waals surface area contributed by atoms with E-state index >= 15 is 0 Å². The summed E-state index contributed by atoms with van der Waals surface area (Å²) in [6.45, 7) is 2.35. The van der Waals surface area contributed by atoms with Crippen molar-refractivity contribution >= 4 is 50.5 Å². The molecule has 4 N–H and O–H groups in total. The number of carbonyl (C=O) groups excluding carboxylic acids is 1. The lowest BCUT2D eigenvalue weighted by molar-refractivity contribution is 0.102. The number of aromatic nitrogens is 3. The van der Waals surface area contributed by atoms with Crippen LogP contribution < -0.4 is 15.5 Å². The van der Waals surface area contributed by atoms with Crippen LogP contribution in [0.1, 0.15) is 23.2 Å². The first-order chi connectivity index (χ1) is 21.5. The third-order valence-electron chi connectivity index (χ3n) is 8.30. The Hall–Kier alpha value is -5.12. The Morgan fingerprint density at radius 3 is 2.27 bits per heavy atom. The summed E-state index contributed by atoms with van der Waals surface area (Å²) in [7, 11) is 0. The van der Waals surface area contributed by atoms with Crippen molar-refractivity contribution in [1.82, 2.24) is 14.3 Å². The van der Waals surface area contributed by atoms with Crippen LogP contribution >= 0.6 is 0 Å². The Morgan fingerprint density at radius 1 is 0.795 bits per heavy atom. The maximum Gasteiger partial charge on any atom is 0.255 e. The minimum Gasteiger partial charge on any atom is -0.395 e. The molecule has 3 heterocycles. The fourth-order valence-corrected chi connectivity index (χ4v) is 5.90. The average molecular weight is 587 g/mol. The van der Waals surface area contributed by atoms with Crippen LogP contribution in [0.5, 0.6) is 0 Å². The van der Waals surface area contributed by atoms with Gasteiger partial charge in [-0.1, -0.05) is 0 Å². The second-order valence-corrected chi connectivity index (χ2v) is 11.2. The van der Waals surface area contributed by atoms with Crippen molar-refractivity contribution in [3.8, 4) is 5.69 Å². The maximum absolute atomic E-state index is 12.9. The van der Waals surface area contributed by atoms with E-state index in [1.807, 2.05) is 70.2 Å². The van der Waals surface area contributed by atoms with Crippen LogP contribution in [0.2, 0.25) is 0 Å². The lowest BCUT2D eigenvalue weighted by Gasteiger charge is -2.31. The number of nitrogens with one attached hydrogen (secondary N) is 2. The van der Waals surface area contributed by atoms with E-state index in [0.717, 1.165) is 64.8 Å². The summed E-state index contributed by atoms with van der Waals surface area (Å²) in [5.74, 6) is -0.180. The van der Waals surface area contributed by atoms with Gasteiger partial charge in [0, 0.05) is 70.4 Å². The van der Waals surface area contributed by atoms with Crippen molar-refractivity contribution < 1.29 is 15.0 Å². The molecule has 9 heteroatoms. The van der Waals surface area contributed by atoms with Gasteiger partial charge in [-0.3, -0.25) is 4.79 Å². The minimum absolute atomic E-state index is 0.0665. The molecule has 0 bridgehead atoms.